The van der Waals surface area contributed by atoms with Crippen molar-refractivity contribution in [1.82, 2.24) is 0 Å². The third-order valence-electron chi connectivity index (χ3n) is 12.1. The third kappa shape index (κ3) is 5.41. The molecule has 13 rings (SSSR count). The monoisotopic (exact) mass is 782 g/mol. The van der Waals surface area contributed by atoms with Crippen molar-refractivity contribution in [3.63, 3.8) is 0 Å². The second-order valence-electron chi connectivity index (χ2n) is 15.8. The number of furan rings is 3. The number of nitrogens with zero attached hydrogens (tertiary/aromatic N) is 2. The fraction of sp³-hybridized carbons (Fsp3) is 0. The van der Waals surface area contributed by atoms with Gasteiger partial charge in [0.1, 0.15) is 33.5 Å². The van der Waals surface area contributed by atoms with E-state index in [1.807, 2.05) is 24.3 Å². The highest BCUT2D eigenvalue weighted by Crippen LogP contribution is 2.43. The van der Waals surface area contributed by atoms with Crippen molar-refractivity contribution >= 4 is 121 Å². The summed E-state index contributed by atoms with van der Waals surface area (Å²) in [6.07, 6.45) is 0. The van der Waals surface area contributed by atoms with Gasteiger partial charge in [-0.05, 0) is 143 Å². The molecule has 0 radical (unpaired) electrons. The Hall–Kier alpha value is -8.28. The molecule has 0 saturated carbocycles. The lowest BCUT2D eigenvalue weighted by molar-refractivity contribution is 0.668. The van der Waals surface area contributed by atoms with Crippen LogP contribution in [0, 0.1) is 0 Å². The largest absolute Gasteiger partial charge is 0.456 e. The fourth-order valence-corrected chi connectivity index (χ4v) is 9.27. The van der Waals surface area contributed by atoms with E-state index in [-0.39, 0.29) is 0 Å². The first-order chi connectivity index (χ1) is 30.2. The maximum Gasteiger partial charge on any atom is 0.136 e. The molecule has 0 fully saturated rings. The molecule has 286 valence electrons. The van der Waals surface area contributed by atoms with Crippen LogP contribution in [-0.2, 0) is 0 Å². The summed E-state index contributed by atoms with van der Waals surface area (Å²) in [6, 6.07) is 72.7. The molecule has 13 aromatic rings. The lowest BCUT2D eigenvalue weighted by Crippen LogP contribution is -2.09. The summed E-state index contributed by atoms with van der Waals surface area (Å²) in [6.45, 7) is 0. The number of benzene rings is 10. The minimum absolute atomic E-state index is 0.860. The molecule has 0 unspecified atom stereocenters. The van der Waals surface area contributed by atoms with Crippen molar-refractivity contribution < 1.29 is 13.3 Å². The van der Waals surface area contributed by atoms with Crippen molar-refractivity contribution in [1.29, 1.82) is 0 Å². The van der Waals surface area contributed by atoms with Crippen LogP contribution in [0.1, 0.15) is 0 Å². The van der Waals surface area contributed by atoms with E-state index in [1.54, 1.807) is 0 Å². The smallest absolute Gasteiger partial charge is 0.136 e. The van der Waals surface area contributed by atoms with Crippen LogP contribution in [-0.4, -0.2) is 0 Å². The Morgan fingerprint density at radius 2 is 0.574 bits per heavy atom. The van der Waals surface area contributed by atoms with Gasteiger partial charge in [0.25, 0.3) is 0 Å². The minimum Gasteiger partial charge on any atom is -0.456 e. The molecule has 0 aliphatic carbocycles. The SMILES string of the molecule is c1ccc(N(c2ccc3cc4c(cc3c2)oc2cc3cc(N(c5ccccc5)c5ccc6oc7ccccc7c6c5)ccc3cc24)c2ccc3oc4ccccc4c3c2)cc1. The molecule has 0 spiro atoms. The molecule has 61 heavy (non-hydrogen) atoms. The standard InChI is InChI=1S/C56H34N2O3/c1-3-11-39(12-4-1)57(43-23-25-53-49(33-43)45-15-7-9-17-51(45)59-53)41-21-19-35-29-47-48-30-36-20-22-42(28-38(36)32-56(48)61-55(47)31-37(35)27-41)58(40-13-5-2-6-14-40)44-24-26-54-50(34-44)46-16-8-10-18-52(46)60-54/h1-34H. The van der Waals surface area contributed by atoms with Crippen LogP contribution in [0.3, 0.4) is 0 Å². The molecule has 3 heterocycles. The van der Waals surface area contributed by atoms with E-state index in [2.05, 4.69) is 192 Å². The van der Waals surface area contributed by atoms with E-state index < -0.39 is 0 Å². The van der Waals surface area contributed by atoms with E-state index in [0.29, 0.717) is 0 Å². The quantitative estimate of drug-likeness (QED) is 0.168. The fourth-order valence-electron chi connectivity index (χ4n) is 9.27. The normalized spacial score (nSPS) is 11.9. The zero-order chi connectivity index (χ0) is 40.0. The molecule has 0 bridgehead atoms. The molecule has 0 aliphatic rings. The first kappa shape index (κ1) is 33.7. The summed E-state index contributed by atoms with van der Waals surface area (Å²) in [5.74, 6) is 0. The predicted molar refractivity (Wildman–Crippen MR) is 253 cm³/mol. The molecule has 0 atom stereocenters. The number of hydrogen-bond acceptors (Lipinski definition) is 5. The molecule has 5 heteroatoms. The molecule has 3 aromatic heterocycles. The molecule has 10 aromatic carbocycles. The van der Waals surface area contributed by atoms with Crippen LogP contribution in [0.5, 0.6) is 0 Å². The van der Waals surface area contributed by atoms with Gasteiger partial charge in [-0.2, -0.15) is 0 Å². The van der Waals surface area contributed by atoms with Crippen molar-refractivity contribution in [2.45, 2.75) is 0 Å². The maximum absolute atomic E-state index is 6.72. The summed E-state index contributed by atoms with van der Waals surface area (Å²) in [4.78, 5) is 4.62. The van der Waals surface area contributed by atoms with Crippen LogP contribution in [0.2, 0.25) is 0 Å². The highest BCUT2D eigenvalue weighted by molar-refractivity contribution is 6.14. The Morgan fingerprint density at radius 1 is 0.213 bits per heavy atom. The topological polar surface area (TPSA) is 45.9 Å². The molecule has 0 aliphatic heterocycles. The van der Waals surface area contributed by atoms with Gasteiger partial charge in [0.2, 0.25) is 0 Å². The molecule has 0 N–H and O–H groups in total. The van der Waals surface area contributed by atoms with Crippen molar-refractivity contribution in [2.24, 2.45) is 0 Å². The summed E-state index contributed by atoms with van der Waals surface area (Å²) in [7, 11) is 0. The Bertz CT molecular complexity index is 3590. The van der Waals surface area contributed by atoms with Crippen LogP contribution in [0.15, 0.2) is 220 Å². The van der Waals surface area contributed by atoms with Crippen molar-refractivity contribution in [3.8, 4) is 0 Å². The number of para-hydroxylation sites is 4. The van der Waals surface area contributed by atoms with Gasteiger partial charge in [0.15, 0.2) is 0 Å². The van der Waals surface area contributed by atoms with Crippen LogP contribution in [0.4, 0.5) is 34.1 Å². The molecule has 0 saturated heterocycles. The van der Waals surface area contributed by atoms with E-state index >= 15 is 0 Å². The molecular weight excluding hydrogens is 749 g/mol. The predicted octanol–water partition coefficient (Wildman–Crippen LogP) is 16.6. The summed E-state index contributed by atoms with van der Waals surface area (Å²) in [5.41, 5.74) is 11.6. The lowest BCUT2D eigenvalue weighted by Gasteiger charge is -2.26. The Morgan fingerprint density at radius 3 is 1.05 bits per heavy atom. The Labute approximate surface area is 349 Å². The highest BCUT2D eigenvalue weighted by Gasteiger charge is 2.19. The number of rotatable bonds is 6. The van der Waals surface area contributed by atoms with Gasteiger partial charge in [-0.3, -0.25) is 0 Å². The first-order valence-corrected chi connectivity index (χ1v) is 20.6. The number of anilines is 6. The van der Waals surface area contributed by atoms with Gasteiger partial charge in [-0.15, -0.1) is 0 Å². The first-order valence-electron chi connectivity index (χ1n) is 20.6. The lowest BCUT2D eigenvalue weighted by atomic mass is 10.0. The van der Waals surface area contributed by atoms with Gasteiger partial charge in [-0.25, -0.2) is 0 Å². The highest BCUT2D eigenvalue weighted by atomic mass is 16.3. The van der Waals surface area contributed by atoms with Gasteiger partial charge >= 0.3 is 0 Å². The third-order valence-corrected chi connectivity index (χ3v) is 12.1. The average Bonchev–Trinajstić information content (AvgIpc) is 3.98. The van der Waals surface area contributed by atoms with E-state index in [0.717, 1.165) is 121 Å². The van der Waals surface area contributed by atoms with Gasteiger partial charge in [0, 0.05) is 66.4 Å². The summed E-state index contributed by atoms with van der Waals surface area (Å²) in [5, 5.41) is 11.1. The van der Waals surface area contributed by atoms with Gasteiger partial charge < -0.3 is 23.1 Å². The maximum atomic E-state index is 6.72. The molecule has 5 nitrogen and oxygen atoms in total. The van der Waals surface area contributed by atoms with E-state index in [1.165, 1.54) is 0 Å². The van der Waals surface area contributed by atoms with E-state index in [9.17, 15) is 0 Å². The second-order valence-corrected chi connectivity index (χ2v) is 15.8. The Balaban J connectivity index is 0.919. The Kier molecular flexibility index (Phi) is 7.24. The zero-order valence-electron chi connectivity index (χ0n) is 32.7. The van der Waals surface area contributed by atoms with Crippen LogP contribution < -0.4 is 9.80 Å². The van der Waals surface area contributed by atoms with Crippen molar-refractivity contribution in [2.75, 3.05) is 9.80 Å². The number of fused-ring (bicyclic) bond motifs is 11. The van der Waals surface area contributed by atoms with Crippen molar-refractivity contribution in [3.05, 3.63) is 206 Å². The number of hydrogen-bond donors (Lipinski definition) is 0. The van der Waals surface area contributed by atoms with Gasteiger partial charge in [-0.1, -0.05) is 84.9 Å². The zero-order valence-corrected chi connectivity index (χ0v) is 32.7. The summed E-state index contributed by atoms with van der Waals surface area (Å²) >= 11 is 0. The van der Waals surface area contributed by atoms with Crippen LogP contribution in [0.25, 0.3) is 87.4 Å². The van der Waals surface area contributed by atoms with Gasteiger partial charge in [0.05, 0.1) is 0 Å². The second kappa shape index (κ2) is 13.1. The molecular formula is C56H34N2O3. The molecule has 0 amide bonds. The average molecular weight is 783 g/mol. The minimum atomic E-state index is 0.860. The van der Waals surface area contributed by atoms with Crippen LogP contribution >= 0.6 is 0 Å². The van der Waals surface area contributed by atoms with E-state index in [4.69, 9.17) is 13.3 Å². The summed E-state index contributed by atoms with van der Waals surface area (Å²) < 4.78 is 19.1.